The number of Topliss-reactive ketones (excluding diaryl/α,β-unsaturated/α-hetero) is 1. The summed E-state index contributed by atoms with van der Waals surface area (Å²) < 4.78 is 41.8. The number of ketones is 1. The molecule has 0 radical (unpaired) electrons. The van der Waals surface area contributed by atoms with E-state index in [0.29, 0.717) is 5.76 Å². The fraction of sp³-hybridized carbons (Fsp3) is 0.615. The van der Waals surface area contributed by atoms with Gasteiger partial charge in [0.2, 0.25) is 0 Å². The summed E-state index contributed by atoms with van der Waals surface area (Å²) in [6.45, 7) is 2.83. The van der Waals surface area contributed by atoms with E-state index in [1.54, 1.807) is 6.92 Å². The number of nitrogens with zero attached hydrogens (tertiary/aromatic N) is 3. The maximum atomic E-state index is 12.4. The van der Waals surface area contributed by atoms with Crippen LogP contribution in [0.25, 0.3) is 0 Å². The summed E-state index contributed by atoms with van der Waals surface area (Å²) in [6, 6.07) is -0.657. The van der Waals surface area contributed by atoms with E-state index in [-0.39, 0.29) is 31.4 Å². The molecule has 0 N–H and O–H groups in total. The zero-order valence-electron chi connectivity index (χ0n) is 13.8. The first-order valence-corrected chi connectivity index (χ1v) is 8.48. The van der Waals surface area contributed by atoms with Crippen molar-refractivity contribution in [2.24, 2.45) is 4.99 Å². The van der Waals surface area contributed by atoms with E-state index >= 15 is 0 Å². The third kappa shape index (κ3) is 3.57. The highest BCUT2D eigenvalue weighted by molar-refractivity contribution is 7.87. The second-order valence-electron chi connectivity index (χ2n) is 5.41. The molecule has 0 fully saturated rings. The van der Waals surface area contributed by atoms with Crippen LogP contribution in [-0.2, 0) is 26.3 Å². The molecule has 0 amide bonds. The minimum atomic E-state index is -3.88. The van der Waals surface area contributed by atoms with Gasteiger partial charge in [0.25, 0.3) is 0 Å². The van der Waals surface area contributed by atoms with Crippen LogP contribution in [-0.4, -0.2) is 61.9 Å². The van der Waals surface area contributed by atoms with Gasteiger partial charge in [-0.3, -0.25) is 9.79 Å². The normalized spacial score (nSPS) is 18.3. The van der Waals surface area contributed by atoms with Gasteiger partial charge in [0.05, 0.1) is 19.2 Å². The first-order valence-electron chi connectivity index (χ1n) is 7.09. The van der Waals surface area contributed by atoms with Crippen molar-refractivity contribution >= 4 is 21.8 Å². The fourth-order valence-electron chi connectivity index (χ4n) is 2.16. The summed E-state index contributed by atoms with van der Waals surface area (Å²) in [5.74, 6) is -0.869. The zero-order valence-corrected chi connectivity index (χ0v) is 14.6. The number of ether oxygens (including phenoxy) is 1. The van der Waals surface area contributed by atoms with E-state index in [2.05, 4.69) is 4.99 Å². The number of aliphatic imine (C=N–C) groups is 1. The van der Waals surface area contributed by atoms with Crippen LogP contribution in [0.3, 0.4) is 0 Å². The van der Waals surface area contributed by atoms with E-state index in [4.69, 9.17) is 13.6 Å². The Morgan fingerprint density at radius 3 is 2.58 bits per heavy atom. The number of carbonyl (C=O) groups excluding carboxylic acids is 1. The maximum absolute atomic E-state index is 12.4. The Balaban J connectivity index is 2.10. The highest BCUT2D eigenvalue weighted by atomic mass is 32.2. The van der Waals surface area contributed by atoms with Gasteiger partial charge in [-0.1, -0.05) is 0 Å². The van der Waals surface area contributed by atoms with Gasteiger partial charge in [0.15, 0.2) is 17.4 Å². The number of hydrogen-bond donors (Lipinski definition) is 0. The molecule has 1 aliphatic heterocycles. The van der Waals surface area contributed by atoms with Gasteiger partial charge in [-0.2, -0.15) is 12.7 Å². The Kier molecular flexibility index (Phi) is 5.26. The summed E-state index contributed by atoms with van der Waals surface area (Å²) >= 11 is 0. The predicted octanol–water partition coefficient (Wildman–Crippen LogP) is -0.464. The van der Waals surface area contributed by atoms with Crippen molar-refractivity contribution in [3.8, 4) is 0 Å². The van der Waals surface area contributed by atoms with Gasteiger partial charge in [-0.05, 0) is 6.92 Å². The lowest BCUT2D eigenvalue weighted by Gasteiger charge is -2.28. The Bertz CT molecular complexity index is 806. The number of carbonyl (C=O) groups is 1. The molecular formula is C13H19N3O7S. The van der Waals surface area contributed by atoms with Crippen LogP contribution in [0.1, 0.15) is 18.4 Å². The van der Waals surface area contributed by atoms with Gasteiger partial charge in [0.1, 0.15) is 12.4 Å². The highest BCUT2D eigenvalue weighted by Crippen LogP contribution is 2.19. The molecule has 1 aromatic heterocycles. The second-order valence-corrected chi connectivity index (χ2v) is 7.43. The molecular weight excluding hydrogens is 342 g/mol. The van der Waals surface area contributed by atoms with E-state index in [1.165, 1.54) is 21.0 Å². The van der Waals surface area contributed by atoms with Crippen molar-refractivity contribution < 1.29 is 26.8 Å². The first-order chi connectivity index (χ1) is 11.1. The van der Waals surface area contributed by atoms with Crippen molar-refractivity contribution in [1.29, 1.82) is 0 Å². The van der Waals surface area contributed by atoms with Crippen LogP contribution in [0.5, 0.6) is 0 Å². The predicted molar refractivity (Wildman–Crippen MR) is 82.9 cm³/mol. The number of rotatable bonds is 7. The van der Waals surface area contributed by atoms with Crippen LogP contribution >= 0.6 is 0 Å². The molecule has 0 saturated carbocycles. The van der Waals surface area contributed by atoms with Crippen LogP contribution < -0.4 is 5.82 Å². The van der Waals surface area contributed by atoms with Crippen molar-refractivity contribution in [2.75, 3.05) is 27.2 Å². The number of hydrogen-bond acceptors (Lipinski definition) is 8. The lowest BCUT2D eigenvalue weighted by molar-refractivity contribution is -0.111. The average Bonchev–Trinajstić information content (AvgIpc) is 3.03. The van der Waals surface area contributed by atoms with Crippen LogP contribution in [0, 0.1) is 6.92 Å². The van der Waals surface area contributed by atoms with Crippen molar-refractivity contribution in [2.45, 2.75) is 26.5 Å². The molecule has 0 bridgehead atoms. The second kappa shape index (κ2) is 6.87. The summed E-state index contributed by atoms with van der Waals surface area (Å²) in [5.41, 5.74) is 0. The third-order valence-electron chi connectivity index (χ3n) is 3.40. The fourth-order valence-corrected chi connectivity index (χ4v) is 3.42. The molecule has 0 aliphatic carbocycles. The van der Waals surface area contributed by atoms with E-state index in [0.717, 1.165) is 8.61 Å². The van der Waals surface area contributed by atoms with Crippen LogP contribution in [0.4, 0.5) is 0 Å². The monoisotopic (exact) mass is 361 g/mol. The lowest BCUT2D eigenvalue weighted by atomic mass is 10.3. The van der Waals surface area contributed by atoms with Crippen LogP contribution in [0.2, 0.25) is 0 Å². The third-order valence-corrected chi connectivity index (χ3v) is 5.29. The molecule has 2 rings (SSSR count). The van der Waals surface area contributed by atoms with E-state index < -0.39 is 27.9 Å². The summed E-state index contributed by atoms with van der Waals surface area (Å²) in [6.07, 6.45) is 0. The summed E-state index contributed by atoms with van der Waals surface area (Å²) in [4.78, 5) is 26.6. The minimum Gasteiger partial charge on any atom is -0.396 e. The van der Waals surface area contributed by atoms with Gasteiger partial charge in [-0.15, -0.1) is 0 Å². The Morgan fingerprint density at radius 2 is 2.08 bits per heavy atom. The van der Waals surface area contributed by atoms with Crippen molar-refractivity contribution in [3.05, 3.63) is 22.1 Å². The molecule has 1 unspecified atom stereocenters. The Morgan fingerprint density at radius 1 is 1.42 bits per heavy atom. The van der Waals surface area contributed by atoms with Crippen molar-refractivity contribution in [3.63, 3.8) is 0 Å². The molecule has 24 heavy (non-hydrogen) atoms. The van der Waals surface area contributed by atoms with Gasteiger partial charge >= 0.3 is 16.0 Å². The van der Waals surface area contributed by atoms with Crippen molar-refractivity contribution in [1.82, 2.24) is 8.61 Å². The molecule has 1 aliphatic rings. The van der Waals surface area contributed by atoms with Gasteiger partial charge < -0.3 is 13.6 Å². The molecule has 10 nitrogen and oxygen atoms in total. The zero-order chi connectivity index (χ0) is 18.1. The molecule has 0 aromatic carbocycles. The number of amidine groups is 1. The molecule has 1 atom stereocenters. The molecule has 11 heteroatoms. The van der Waals surface area contributed by atoms with E-state index in [9.17, 15) is 18.0 Å². The SMILES string of the molecule is CC(=O)C1=NCC(COCc2oc(=O)oc2C)N1S(=O)(=O)N(C)C. The Labute approximate surface area is 138 Å². The minimum absolute atomic E-state index is 0.0261. The lowest BCUT2D eigenvalue weighted by Crippen LogP contribution is -2.50. The number of aryl methyl sites for hydroxylation is 1. The van der Waals surface area contributed by atoms with Gasteiger partial charge in [-0.25, -0.2) is 9.10 Å². The highest BCUT2D eigenvalue weighted by Gasteiger charge is 2.40. The maximum Gasteiger partial charge on any atom is 0.519 e. The topological polar surface area (TPSA) is 123 Å². The Hall–Kier alpha value is -1.98. The van der Waals surface area contributed by atoms with Crippen LogP contribution in [0.15, 0.2) is 18.6 Å². The molecule has 1 aromatic rings. The first kappa shape index (κ1) is 18.4. The molecule has 134 valence electrons. The molecule has 2 heterocycles. The quantitative estimate of drug-likeness (QED) is 0.643. The van der Waals surface area contributed by atoms with E-state index in [1.807, 2.05) is 0 Å². The average molecular weight is 361 g/mol. The van der Waals surface area contributed by atoms with Gasteiger partial charge in [0, 0.05) is 21.0 Å². The smallest absolute Gasteiger partial charge is 0.396 e. The molecule has 0 saturated heterocycles. The summed E-state index contributed by atoms with van der Waals surface area (Å²) in [7, 11) is -1.14. The largest absolute Gasteiger partial charge is 0.519 e. The standard InChI is InChI=1S/C13H19N3O7S/c1-8(17)12-14-5-10(16(12)24(19,20)15(3)4)6-21-7-11-9(2)22-13(18)23-11/h10H,5-7H2,1-4H3. The summed E-state index contributed by atoms with van der Waals surface area (Å²) in [5, 5.41) is 0. The molecule has 0 spiro atoms.